The number of amides is 15. The Balaban J connectivity index is 0.878. The van der Waals surface area contributed by atoms with Crippen LogP contribution >= 0.6 is 0 Å². The zero-order valence-electron chi connectivity index (χ0n) is 67.1. The minimum absolute atomic E-state index is 0.0609. The van der Waals surface area contributed by atoms with Crippen LogP contribution in [-0.2, 0) is 94.3 Å². The molecule has 2 aliphatic carbocycles. The van der Waals surface area contributed by atoms with E-state index in [0.29, 0.717) is 43.5 Å². The lowest BCUT2D eigenvalue weighted by molar-refractivity contribution is -0.143. The third-order valence-electron chi connectivity index (χ3n) is 20.2. The number of nitrogens with zero attached hydrogens (tertiary/aromatic N) is 6. The van der Waals surface area contributed by atoms with Crippen molar-refractivity contribution in [3.8, 4) is 11.5 Å². The third-order valence-corrected chi connectivity index (χ3v) is 21.6. The summed E-state index contributed by atoms with van der Waals surface area (Å²) in [7, 11) is 0.367. The number of aromatic nitrogens is 4. The van der Waals surface area contributed by atoms with Crippen LogP contribution in [0.3, 0.4) is 0 Å². The van der Waals surface area contributed by atoms with Crippen LogP contribution in [0.1, 0.15) is 96.5 Å². The predicted octanol–water partition coefficient (Wildman–Crippen LogP) is -2.51. The van der Waals surface area contributed by atoms with Gasteiger partial charge in [-0.15, -0.1) is 5.10 Å². The van der Waals surface area contributed by atoms with Crippen LogP contribution < -0.4 is 79.8 Å². The molecule has 4 heterocycles. The minimum Gasteiger partial charge on any atom is -0.475 e. The average molecular weight is 1680 g/mol. The highest BCUT2D eigenvalue weighted by Gasteiger charge is 2.45. The van der Waals surface area contributed by atoms with Crippen molar-refractivity contribution >= 4 is 111 Å². The fraction of sp³-hybridized carbons (Fsp3) is 0.506. The number of carbonyl (C=O) groups is 14. The van der Waals surface area contributed by atoms with Gasteiger partial charge in [-0.3, -0.25) is 62.3 Å². The number of likely N-dealkylation sites (tertiary alicyclic amines) is 1. The number of aryl methyl sites for hydroxylation is 1. The minimum atomic E-state index is -2.46. The summed E-state index contributed by atoms with van der Waals surface area (Å²) in [6.07, 6.45) is 8.66. The molecule has 646 valence electrons. The van der Waals surface area contributed by atoms with E-state index in [0.717, 1.165) is 32.3 Å². The number of H-pyrrole nitrogens is 1. The van der Waals surface area contributed by atoms with E-state index in [9.17, 15) is 86.7 Å². The summed E-state index contributed by atoms with van der Waals surface area (Å²) in [5.74, 6) is -12.9. The second kappa shape index (κ2) is 43.9. The van der Waals surface area contributed by atoms with Gasteiger partial charge in [0, 0.05) is 95.6 Å². The fourth-order valence-corrected chi connectivity index (χ4v) is 14.5. The molecule has 0 saturated carbocycles. The largest absolute Gasteiger partial charge is 0.475 e. The molecule has 8 rings (SSSR count). The van der Waals surface area contributed by atoms with Crippen molar-refractivity contribution in [2.75, 3.05) is 77.8 Å². The lowest BCUT2D eigenvalue weighted by atomic mass is 9.95. The Morgan fingerprint density at radius 1 is 0.815 bits per heavy atom. The summed E-state index contributed by atoms with van der Waals surface area (Å²) in [5, 5.41) is 65.1. The number of aliphatic hydroxyl groups excluding tert-OH is 3. The molecule has 2 aromatic carbocycles. The number of nitrogens with one attached hydrogen (secondary N) is 11. The van der Waals surface area contributed by atoms with E-state index in [-0.39, 0.29) is 84.8 Å². The van der Waals surface area contributed by atoms with Crippen molar-refractivity contribution in [1.29, 1.82) is 0 Å². The normalized spacial score (nSPS) is 20.3. The monoisotopic (exact) mass is 1680 g/mol. The topological polar surface area (TPSA) is 599 Å². The smallest absolute Gasteiger partial charge is 0.415 e. The number of carbonyl (C=O) groups excluding carboxylic acids is 14. The lowest BCUT2D eigenvalue weighted by Crippen LogP contribution is -2.60. The second-order valence-electron chi connectivity index (χ2n) is 29.7. The van der Waals surface area contributed by atoms with E-state index in [2.05, 4.69) is 74.5 Å². The van der Waals surface area contributed by atoms with Crippen LogP contribution in [0.2, 0.25) is 0 Å². The molecule has 0 radical (unpaired) electrons. The van der Waals surface area contributed by atoms with E-state index in [1.54, 1.807) is 52.0 Å². The number of aromatic amines is 1. The molecule has 1 unspecified atom stereocenters. The summed E-state index contributed by atoms with van der Waals surface area (Å²) in [6.45, 7) is 5.39. The molecule has 4 aromatic rings. The van der Waals surface area contributed by atoms with Crippen LogP contribution in [0.5, 0.6) is 11.5 Å². The number of nitrogens with two attached hydrogens (primary N) is 3. The van der Waals surface area contributed by atoms with Crippen molar-refractivity contribution in [2.24, 2.45) is 35.0 Å². The number of likely N-dealkylation sites (N-methyl/N-ethyl adjacent to an activating group) is 2. The van der Waals surface area contributed by atoms with E-state index in [1.165, 1.54) is 44.1 Å². The first kappa shape index (κ1) is 92.4. The number of hydrogen-bond acceptors (Lipinski definition) is 24. The lowest BCUT2D eigenvalue weighted by Gasteiger charge is -2.31. The Morgan fingerprint density at radius 2 is 1.54 bits per heavy atom. The molecule has 2 bridgehead atoms. The molecule has 4 aliphatic rings. The third kappa shape index (κ3) is 26.7. The molecule has 20 N–H and O–H groups in total. The Kier molecular flexibility index (Phi) is 34.1. The molecule has 119 heavy (non-hydrogen) atoms. The van der Waals surface area contributed by atoms with Gasteiger partial charge in [-0.1, -0.05) is 94.8 Å². The quantitative estimate of drug-likeness (QED) is 0.0219. The van der Waals surface area contributed by atoms with Crippen LogP contribution in [0.25, 0.3) is 10.9 Å². The molecular formula is C77H106N20O21S. The van der Waals surface area contributed by atoms with E-state index in [4.69, 9.17) is 31.4 Å². The molecule has 12 atom stereocenters. The van der Waals surface area contributed by atoms with Crippen molar-refractivity contribution < 1.29 is 101 Å². The highest BCUT2D eigenvalue weighted by Crippen LogP contribution is 2.36. The van der Waals surface area contributed by atoms with Crippen molar-refractivity contribution in [1.82, 2.24) is 82.5 Å². The number of anilines is 1. The SMILES string of the molecule is CC[C@H](C)[C@@H]1NC(=O)CNCOc2c([nH]c3cc(OC(=O)N(C)CCN(C)C(=O)OCc4ccc(NC(=O)[C@H](CCCNC(N)=O)NC(=O)[C@@H](NC(=O)CCCn5nnc6c5C/C5=C/C=C\C=C/C(=C5)C6)C(C)C)cc4)ccc23)S(=O)C[C@@H](C(=O)N[C@@H](CC(N)=O)C(=O)N2C[C@H](O)C[C@H]2C(=O)N[C@H](C(N)=O)[C@@H](C)[C@@H](O)CO)NC(=O)CNC1=O. The molecule has 2 aromatic heterocycles. The van der Waals surface area contributed by atoms with Gasteiger partial charge in [-0.05, 0) is 72.1 Å². The number of benzene rings is 2. The number of aliphatic hydroxyl groups is 3. The number of allylic oxidation sites excluding steroid dienone is 8. The van der Waals surface area contributed by atoms with Crippen LogP contribution in [-0.4, -0.2) is 264 Å². The number of fused-ring (bicyclic) bond motifs is 5. The van der Waals surface area contributed by atoms with Gasteiger partial charge in [0.05, 0.1) is 71.8 Å². The zero-order valence-corrected chi connectivity index (χ0v) is 67.9. The first-order valence-corrected chi connectivity index (χ1v) is 40.1. The van der Waals surface area contributed by atoms with Gasteiger partial charge < -0.3 is 114 Å². The van der Waals surface area contributed by atoms with E-state index in [1.807, 2.05) is 35.1 Å². The maximum atomic E-state index is 14.9. The zero-order chi connectivity index (χ0) is 86.9. The Hall–Kier alpha value is -12.1. The van der Waals surface area contributed by atoms with Gasteiger partial charge >= 0.3 is 18.2 Å². The predicted molar refractivity (Wildman–Crippen MR) is 428 cm³/mol. The maximum absolute atomic E-state index is 14.9. The summed E-state index contributed by atoms with van der Waals surface area (Å²) in [5.41, 5.74) is 21.4. The number of β-amino-alcohol motifs (C(OH)–C–C–N with tert-alkyl or cyclic N) is 1. The summed E-state index contributed by atoms with van der Waals surface area (Å²) < 4.78 is 34.0. The molecule has 1 fully saturated rings. The van der Waals surface area contributed by atoms with Gasteiger partial charge in [0.15, 0.2) is 5.75 Å². The Bertz CT molecular complexity index is 4540. The molecule has 41 nitrogen and oxygen atoms in total. The maximum Gasteiger partial charge on any atom is 0.415 e. The molecule has 2 aliphatic heterocycles. The first-order chi connectivity index (χ1) is 56.6. The van der Waals surface area contributed by atoms with Crippen molar-refractivity contribution in [2.45, 2.75) is 165 Å². The highest BCUT2D eigenvalue weighted by atomic mass is 32.2. The summed E-state index contributed by atoms with van der Waals surface area (Å²) >= 11 is 0. The molecule has 0 spiro atoms. The van der Waals surface area contributed by atoms with Gasteiger partial charge in [0.25, 0.3) is 0 Å². The van der Waals surface area contributed by atoms with Crippen LogP contribution in [0.4, 0.5) is 20.1 Å². The van der Waals surface area contributed by atoms with Crippen molar-refractivity contribution in [3.05, 3.63) is 107 Å². The first-order valence-electron chi connectivity index (χ1n) is 38.8. The Labute approximate surface area is 687 Å². The molecule has 15 amide bonds. The van der Waals surface area contributed by atoms with Crippen LogP contribution in [0, 0.1) is 17.8 Å². The van der Waals surface area contributed by atoms with Crippen LogP contribution in [0.15, 0.2) is 95.1 Å². The van der Waals surface area contributed by atoms with E-state index >= 15 is 0 Å². The molecular weight excluding hydrogens is 1570 g/mol. The van der Waals surface area contributed by atoms with Gasteiger partial charge in [-0.2, -0.15) is 0 Å². The molecule has 1 saturated heterocycles. The second-order valence-corrected chi connectivity index (χ2v) is 31.1. The van der Waals surface area contributed by atoms with Gasteiger partial charge in [0.2, 0.25) is 65.0 Å². The number of hydrogen-bond donors (Lipinski definition) is 17. The van der Waals surface area contributed by atoms with E-state index < -0.39 is 206 Å². The number of primary amides is 3. The molecule has 42 heteroatoms. The number of rotatable bonds is 33. The number of urea groups is 1. The standard InChI is InChI=1S/C77H106N20O21S/c1-8-42(4)64-71(109)83-35-62(104)85-55(69(107)87-54(33-59(78)101)74(111)96-36-48(99)31-57(96)70(108)91-65(67(79)105)43(5)58(100)37-98)39-119(115)73-66(117-40-81-34-61(103)90-64)50-23-22-49(32-52(50)88-73)118-77(114)95(7)27-26-94(6)76(113)116-38-44-18-20-47(21-19-44)84-68(106)51(16-12-24-82-75(80)112)86-72(110)63(41(2)3)89-60(102)17-13-25-97-56-30-46-15-11-9-10-14-45(28-46)29-53(56)92-93-97/h9-11,14-15,18-23,28,32,41-43,48,51,54-55,57-58,63-65,81,88,98-100H,8,12-13,16-17,24-27,29-31,33-40H2,1-7H3,(H2,78,101)(H2,79,105)(H,83,109)(H,84,106)(H,85,104)(H,86,110)(H,87,107)(H,89,102)(H,90,103)(H,91,108)(H3,80,82,112)/b10-9?,11-9-,14-10-,15-11?,45-14?,46-15+/t42-,43-,48+,51-,54-,55-,57-,58-,63-,64-,65-,119?/m0/s1. The van der Waals surface area contributed by atoms with Crippen molar-refractivity contribution in [3.63, 3.8) is 0 Å². The summed E-state index contributed by atoms with van der Waals surface area (Å²) in [6, 6.07) is -0.675. The highest BCUT2D eigenvalue weighted by molar-refractivity contribution is 7.85. The van der Waals surface area contributed by atoms with Gasteiger partial charge in [-0.25, -0.2) is 19.1 Å². The summed E-state index contributed by atoms with van der Waals surface area (Å²) in [4.78, 5) is 194. The average Bonchev–Trinajstić information content (AvgIpc) is 1.65. The Morgan fingerprint density at radius 3 is 2.23 bits per heavy atom. The fourth-order valence-electron chi connectivity index (χ4n) is 13.2. The number of ether oxygens (including phenoxy) is 3. The van der Waals surface area contributed by atoms with Gasteiger partial charge in [0.1, 0.15) is 66.4 Å².